The van der Waals surface area contributed by atoms with Crippen LogP contribution in [0.25, 0.3) is 0 Å². The van der Waals surface area contributed by atoms with Gasteiger partial charge < -0.3 is 11.1 Å². The Kier molecular flexibility index (Phi) is 4.48. The molecule has 1 aromatic carbocycles. The molecular formula is C11H15ClN2O. The molecule has 0 aliphatic rings. The zero-order valence-electron chi connectivity index (χ0n) is 9.37. The third-order valence-corrected chi connectivity index (χ3v) is 2.16. The molecule has 3 N–H and O–H groups in total. The first-order valence-electron chi connectivity index (χ1n) is 5.34. The maximum Gasteiger partial charge on any atom is 0.231 e. The van der Waals surface area contributed by atoms with Crippen molar-refractivity contribution in [1.29, 1.82) is 0 Å². The number of nitrogens with two attached hydrogens (primary N) is 1. The molecule has 1 unspecified atom stereocenters. The van der Waals surface area contributed by atoms with Crippen LogP contribution in [0, 0.1) is 0 Å². The normalized spacial score (nSPS) is 13.3. The largest absolute Gasteiger partial charge is 0.369 e. The molecule has 0 bridgehead atoms. The van der Waals surface area contributed by atoms with E-state index in [0.29, 0.717) is 11.4 Å². The number of benzene rings is 1. The highest BCUT2D eigenvalue weighted by molar-refractivity contribution is 6.30. The Bertz CT molecular complexity index is 342. The maximum absolute atomic E-state index is 10.5. The Morgan fingerprint density at radius 1 is 1.47 bits per heavy atom. The second-order valence-electron chi connectivity index (χ2n) is 3.22. The molecule has 0 spiro atoms. The van der Waals surface area contributed by atoms with E-state index in [1.165, 1.54) is 0 Å². The molecule has 82 valence electrons. The lowest BCUT2D eigenvalue weighted by molar-refractivity contribution is -0.117. The van der Waals surface area contributed by atoms with Crippen molar-refractivity contribution >= 4 is 17.5 Å². The van der Waals surface area contributed by atoms with Crippen molar-refractivity contribution in [3.05, 3.63) is 34.9 Å². The number of primary amides is 1. The first-order chi connectivity index (χ1) is 7.58. The zero-order chi connectivity index (χ0) is 12.0. The van der Waals surface area contributed by atoms with Crippen molar-refractivity contribution in [3.63, 3.8) is 0 Å². The topological polar surface area (TPSA) is 55.1 Å². The summed E-state index contributed by atoms with van der Waals surface area (Å²) in [5, 5.41) is 3.44. The molecule has 1 rings (SSSR count). The number of aryl methyl sites for hydroxylation is 1. The molecule has 0 aromatic heterocycles. The van der Waals surface area contributed by atoms with Crippen molar-refractivity contribution in [1.82, 2.24) is 5.32 Å². The van der Waals surface area contributed by atoms with E-state index in [0.717, 1.165) is 12.0 Å². The maximum atomic E-state index is 10.5. The van der Waals surface area contributed by atoms with E-state index in [1.807, 2.05) is 24.3 Å². The second-order valence-corrected chi connectivity index (χ2v) is 3.65. The van der Waals surface area contributed by atoms with Gasteiger partial charge in [0.25, 0.3) is 0 Å². The molecule has 0 saturated heterocycles. The summed E-state index contributed by atoms with van der Waals surface area (Å²) in [7, 11) is 0. The summed E-state index contributed by atoms with van der Waals surface area (Å²) in [4.78, 5) is 10.5. The van der Waals surface area contributed by atoms with E-state index < -0.39 is 12.4 Å². The zero-order valence-corrected chi connectivity index (χ0v) is 9.13. The summed E-state index contributed by atoms with van der Waals surface area (Å²) in [6, 6.07) is 7.52. The summed E-state index contributed by atoms with van der Waals surface area (Å²) < 4.78 is 7.61. The lowest BCUT2D eigenvalue weighted by Crippen LogP contribution is -2.29. The van der Waals surface area contributed by atoms with Gasteiger partial charge in [0.15, 0.2) is 0 Å². The summed E-state index contributed by atoms with van der Waals surface area (Å²) in [6.07, 6.45) is 1.41. The molecule has 1 aromatic rings. The van der Waals surface area contributed by atoms with Crippen LogP contribution in [0.3, 0.4) is 0 Å². The molecule has 4 heteroatoms. The lowest BCUT2D eigenvalue weighted by Gasteiger charge is -2.02. The highest BCUT2D eigenvalue weighted by atomic mass is 35.5. The van der Waals surface area contributed by atoms with Crippen LogP contribution in [0.4, 0.5) is 0 Å². The van der Waals surface area contributed by atoms with Gasteiger partial charge in [-0.1, -0.05) is 23.7 Å². The van der Waals surface area contributed by atoms with Gasteiger partial charge in [0.2, 0.25) is 5.91 Å². The van der Waals surface area contributed by atoms with Crippen LogP contribution in [-0.4, -0.2) is 19.0 Å². The highest BCUT2D eigenvalue weighted by Crippen LogP contribution is 2.10. The van der Waals surface area contributed by atoms with E-state index >= 15 is 0 Å². The first kappa shape index (κ1) is 10.5. The SMILES string of the molecule is [2H]C(CCc1ccc(Cl)cc1)NCC(N)=O. The van der Waals surface area contributed by atoms with E-state index in [4.69, 9.17) is 18.7 Å². The van der Waals surface area contributed by atoms with Gasteiger partial charge in [-0.25, -0.2) is 0 Å². The van der Waals surface area contributed by atoms with E-state index in [-0.39, 0.29) is 6.54 Å². The van der Waals surface area contributed by atoms with E-state index in [9.17, 15) is 4.79 Å². The summed E-state index contributed by atoms with van der Waals surface area (Å²) >= 11 is 5.76. The minimum absolute atomic E-state index is 0.0504. The third kappa shape index (κ3) is 5.40. The van der Waals surface area contributed by atoms with Crippen molar-refractivity contribution < 1.29 is 6.17 Å². The van der Waals surface area contributed by atoms with Gasteiger partial charge in [0.1, 0.15) is 0 Å². The minimum Gasteiger partial charge on any atom is -0.369 e. The molecule has 0 aliphatic carbocycles. The van der Waals surface area contributed by atoms with Gasteiger partial charge in [-0.05, 0) is 37.1 Å². The van der Waals surface area contributed by atoms with Crippen LogP contribution >= 0.6 is 11.6 Å². The number of rotatable bonds is 6. The number of carbonyl (C=O) groups is 1. The Morgan fingerprint density at radius 3 is 2.73 bits per heavy atom. The van der Waals surface area contributed by atoms with Crippen LogP contribution < -0.4 is 11.1 Å². The predicted octanol–water partition coefficient (Wildman–Crippen LogP) is 1.35. The third-order valence-electron chi connectivity index (χ3n) is 1.91. The molecule has 3 nitrogen and oxygen atoms in total. The minimum atomic E-state index is -0.469. The monoisotopic (exact) mass is 227 g/mol. The van der Waals surface area contributed by atoms with Crippen LogP contribution in [0.2, 0.25) is 5.02 Å². The smallest absolute Gasteiger partial charge is 0.231 e. The highest BCUT2D eigenvalue weighted by Gasteiger charge is 1.95. The first-order valence-corrected chi connectivity index (χ1v) is 5.14. The molecule has 0 aliphatic heterocycles. The number of carbonyl (C=O) groups excluding carboxylic acids is 1. The Hall–Kier alpha value is -1.06. The Labute approximate surface area is 96.0 Å². The summed E-state index contributed by atoms with van der Waals surface area (Å²) in [5.41, 5.74) is 6.09. The van der Waals surface area contributed by atoms with E-state index in [2.05, 4.69) is 5.32 Å². The van der Waals surface area contributed by atoms with Crippen molar-refractivity contribution in [3.8, 4) is 0 Å². The fraction of sp³-hybridized carbons (Fsp3) is 0.364. The van der Waals surface area contributed by atoms with Crippen molar-refractivity contribution in [2.75, 3.05) is 13.1 Å². The average molecular weight is 228 g/mol. The molecule has 0 heterocycles. The number of amides is 1. The van der Waals surface area contributed by atoms with E-state index in [1.54, 1.807) is 0 Å². The quantitative estimate of drug-likeness (QED) is 0.771. The van der Waals surface area contributed by atoms with Gasteiger partial charge in [0, 0.05) is 6.39 Å². The number of nitrogens with one attached hydrogen (secondary N) is 1. The van der Waals surface area contributed by atoms with Crippen molar-refractivity contribution in [2.45, 2.75) is 12.8 Å². The van der Waals surface area contributed by atoms with Gasteiger partial charge >= 0.3 is 0 Å². The molecule has 0 saturated carbocycles. The Balaban J connectivity index is 2.28. The molecule has 1 amide bonds. The van der Waals surface area contributed by atoms with Gasteiger partial charge in [0.05, 0.1) is 6.54 Å². The molecule has 15 heavy (non-hydrogen) atoms. The van der Waals surface area contributed by atoms with Crippen molar-refractivity contribution in [2.24, 2.45) is 5.73 Å². The molecule has 1 atom stereocenters. The fourth-order valence-corrected chi connectivity index (χ4v) is 1.29. The lowest BCUT2D eigenvalue weighted by atomic mass is 10.1. The Morgan fingerprint density at radius 2 is 2.13 bits per heavy atom. The number of halogens is 1. The van der Waals surface area contributed by atoms with Crippen LogP contribution in [-0.2, 0) is 11.2 Å². The second kappa shape index (κ2) is 6.43. The predicted molar refractivity (Wildman–Crippen MR) is 61.8 cm³/mol. The van der Waals surface area contributed by atoms with Crippen LogP contribution in [0.5, 0.6) is 0 Å². The van der Waals surface area contributed by atoms with Gasteiger partial charge in [-0.3, -0.25) is 4.79 Å². The molecule has 0 radical (unpaired) electrons. The molecule has 0 fully saturated rings. The summed E-state index contributed by atoms with van der Waals surface area (Å²) in [5.74, 6) is -0.441. The standard InChI is InChI=1S/C11H15ClN2O/c12-10-5-3-9(4-6-10)2-1-7-14-8-11(13)15/h3-6,14H,1-2,7-8H2,(H2,13,15)/i7D. The summed E-state index contributed by atoms with van der Waals surface area (Å²) in [6.45, 7) is -0.419. The number of hydrogen-bond donors (Lipinski definition) is 2. The van der Waals surface area contributed by atoms with Gasteiger partial charge in [-0.2, -0.15) is 0 Å². The van der Waals surface area contributed by atoms with Crippen LogP contribution in [0.15, 0.2) is 24.3 Å². The molecular weight excluding hydrogens is 212 g/mol. The fourth-order valence-electron chi connectivity index (χ4n) is 1.16. The average Bonchev–Trinajstić information content (AvgIpc) is 2.25. The van der Waals surface area contributed by atoms with Crippen LogP contribution in [0.1, 0.15) is 13.4 Å². The number of hydrogen-bond acceptors (Lipinski definition) is 2. The van der Waals surface area contributed by atoms with Gasteiger partial charge in [-0.15, -0.1) is 0 Å².